The van der Waals surface area contributed by atoms with E-state index in [0.717, 1.165) is 12.8 Å². The molecule has 0 spiro atoms. The second-order valence-electron chi connectivity index (χ2n) is 3.66. The van der Waals surface area contributed by atoms with Gasteiger partial charge in [-0.3, -0.25) is 4.79 Å². The number of ether oxygens (including phenoxy) is 1. The number of carbonyl (C=O) groups is 1. The van der Waals surface area contributed by atoms with Crippen molar-refractivity contribution in [2.45, 2.75) is 39.2 Å². The molecule has 0 radical (unpaired) electrons. The van der Waals surface area contributed by atoms with Crippen molar-refractivity contribution in [3.63, 3.8) is 0 Å². The van der Waals surface area contributed by atoms with E-state index in [2.05, 4.69) is 0 Å². The predicted molar refractivity (Wildman–Crippen MR) is 53.5 cm³/mol. The number of nitrogens with two attached hydrogens (primary N) is 1. The summed E-state index contributed by atoms with van der Waals surface area (Å²) in [7, 11) is 1.65. The molecule has 3 nitrogen and oxygen atoms in total. The van der Waals surface area contributed by atoms with Gasteiger partial charge in [-0.2, -0.15) is 0 Å². The first-order valence-electron chi connectivity index (χ1n) is 4.85. The van der Waals surface area contributed by atoms with Crippen molar-refractivity contribution < 1.29 is 9.53 Å². The molecule has 0 fully saturated rings. The van der Waals surface area contributed by atoms with Crippen LogP contribution in [0.15, 0.2) is 0 Å². The average Bonchev–Trinajstić information content (AvgIpc) is 2.10. The first-order valence-corrected chi connectivity index (χ1v) is 4.85. The molecule has 0 bridgehead atoms. The van der Waals surface area contributed by atoms with Gasteiger partial charge in [0.15, 0.2) is 0 Å². The van der Waals surface area contributed by atoms with Crippen molar-refractivity contribution in [3.05, 3.63) is 0 Å². The summed E-state index contributed by atoms with van der Waals surface area (Å²) in [6.45, 7) is 4.53. The summed E-state index contributed by atoms with van der Waals surface area (Å²) in [5.41, 5.74) is 5.56. The van der Waals surface area contributed by atoms with Crippen LogP contribution in [0, 0.1) is 5.92 Å². The second kappa shape index (κ2) is 7.04. The van der Waals surface area contributed by atoms with Crippen molar-refractivity contribution in [1.82, 2.24) is 0 Å². The van der Waals surface area contributed by atoms with Crippen molar-refractivity contribution in [3.8, 4) is 0 Å². The fourth-order valence-electron chi connectivity index (χ4n) is 1.07. The lowest BCUT2D eigenvalue weighted by Gasteiger charge is -2.10. The highest BCUT2D eigenvalue weighted by atomic mass is 16.5. The summed E-state index contributed by atoms with van der Waals surface area (Å²) < 4.78 is 4.91. The summed E-state index contributed by atoms with van der Waals surface area (Å²) in [6.07, 6.45) is 2.20. The molecule has 2 N–H and O–H groups in total. The van der Waals surface area contributed by atoms with Crippen LogP contribution in [-0.2, 0) is 9.53 Å². The van der Waals surface area contributed by atoms with E-state index in [0.29, 0.717) is 18.8 Å². The summed E-state index contributed by atoms with van der Waals surface area (Å²) in [4.78, 5) is 11.4. The van der Waals surface area contributed by atoms with Crippen LogP contribution < -0.4 is 5.73 Å². The summed E-state index contributed by atoms with van der Waals surface area (Å²) in [5.74, 6) is 0.410. The Labute approximate surface area is 80.6 Å². The number of Topliss-reactive ketones (excluding diaryl/α,β-unsaturated/α-hetero) is 1. The SMILES string of the molecule is COCCC(C)C(=O)CCC(C)N. The lowest BCUT2D eigenvalue weighted by atomic mass is 9.98. The van der Waals surface area contributed by atoms with Gasteiger partial charge in [-0.1, -0.05) is 6.92 Å². The summed E-state index contributed by atoms with van der Waals surface area (Å²) in [6, 6.07) is 0.124. The lowest BCUT2D eigenvalue weighted by molar-refractivity contribution is -0.123. The average molecular weight is 187 g/mol. The van der Waals surface area contributed by atoms with E-state index in [1.165, 1.54) is 0 Å². The number of methoxy groups -OCH3 is 1. The zero-order valence-corrected chi connectivity index (χ0v) is 8.88. The van der Waals surface area contributed by atoms with Crippen LogP contribution in [-0.4, -0.2) is 25.5 Å². The van der Waals surface area contributed by atoms with Crippen molar-refractivity contribution in [1.29, 1.82) is 0 Å². The highest BCUT2D eigenvalue weighted by Crippen LogP contribution is 2.08. The molecule has 78 valence electrons. The molecule has 0 aliphatic rings. The van der Waals surface area contributed by atoms with E-state index in [4.69, 9.17) is 10.5 Å². The Morgan fingerprint density at radius 1 is 1.38 bits per heavy atom. The van der Waals surface area contributed by atoms with Gasteiger partial charge in [-0.25, -0.2) is 0 Å². The summed E-state index contributed by atoms with van der Waals surface area (Å²) >= 11 is 0. The number of hydrogen-bond acceptors (Lipinski definition) is 3. The fourth-order valence-corrected chi connectivity index (χ4v) is 1.07. The molecule has 3 heteroatoms. The minimum absolute atomic E-state index is 0.110. The van der Waals surface area contributed by atoms with Crippen LogP contribution in [0.4, 0.5) is 0 Å². The normalized spacial score (nSPS) is 15.4. The fraction of sp³-hybridized carbons (Fsp3) is 0.900. The van der Waals surface area contributed by atoms with Gasteiger partial charge < -0.3 is 10.5 Å². The molecule has 0 aromatic heterocycles. The van der Waals surface area contributed by atoms with Crippen LogP contribution in [0.1, 0.15) is 33.1 Å². The first-order chi connectivity index (χ1) is 6.07. The number of ketones is 1. The Morgan fingerprint density at radius 2 is 2.00 bits per heavy atom. The number of carbonyl (C=O) groups excluding carboxylic acids is 1. The van der Waals surface area contributed by atoms with Gasteiger partial charge in [-0.05, 0) is 19.8 Å². The molecule has 0 aliphatic heterocycles. The Kier molecular flexibility index (Phi) is 6.82. The van der Waals surface area contributed by atoms with Crippen molar-refractivity contribution in [2.24, 2.45) is 11.7 Å². The topological polar surface area (TPSA) is 52.3 Å². The van der Waals surface area contributed by atoms with Gasteiger partial charge in [-0.15, -0.1) is 0 Å². The maximum Gasteiger partial charge on any atom is 0.135 e. The molecule has 0 saturated carbocycles. The van der Waals surface area contributed by atoms with E-state index >= 15 is 0 Å². The molecule has 0 aliphatic carbocycles. The van der Waals surface area contributed by atoms with E-state index in [1.54, 1.807) is 7.11 Å². The molecule has 0 rings (SSSR count). The highest BCUT2D eigenvalue weighted by Gasteiger charge is 2.12. The van der Waals surface area contributed by atoms with E-state index in [-0.39, 0.29) is 12.0 Å². The maximum absolute atomic E-state index is 11.4. The van der Waals surface area contributed by atoms with E-state index < -0.39 is 0 Å². The summed E-state index contributed by atoms with van der Waals surface area (Å²) in [5, 5.41) is 0. The Hall–Kier alpha value is -0.410. The third-order valence-corrected chi connectivity index (χ3v) is 2.15. The highest BCUT2D eigenvalue weighted by molar-refractivity contribution is 5.80. The zero-order valence-electron chi connectivity index (χ0n) is 8.88. The third-order valence-electron chi connectivity index (χ3n) is 2.15. The molecule has 13 heavy (non-hydrogen) atoms. The molecular formula is C10H21NO2. The third kappa shape index (κ3) is 6.72. The molecule has 2 atom stereocenters. The first kappa shape index (κ1) is 12.6. The van der Waals surface area contributed by atoms with Gasteiger partial charge in [0.1, 0.15) is 5.78 Å². The molecule has 0 heterocycles. The molecule has 0 saturated heterocycles. The van der Waals surface area contributed by atoms with Gasteiger partial charge >= 0.3 is 0 Å². The number of rotatable bonds is 7. The quantitative estimate of drug-likeness (QED) is 0.654. The van der Waals surface area contributed by atoms with Gasteiger partial charge in [0.25, 0.3) is 0 Å². The van der Waals surface area contributed by atoms with Gasteiger partial charge in [0, 0.05) is 32.1 Å². The van der Waals surface area contributed by atoms with Crippen molar-refractivity contribution >= 4 is 5.78 Å². The lowest BCUT2D eigenvalue weighted by Crippen LogP contribution is -2.19. The van der Waals surface area contributed by atoms with Gasteiger partial charge in [0.05, 0.1) is 0 Å². The van der Waals surface area contributed by atoms with E-state index in [9.17, 15) is 4.79 Å². The minimum Gasteiger partial charge on any atom is -0.385 e. The largest absolute Gasteiger partial charge is 0.385 e. The number of hydrogen-bond donors (Lipinski definition) is 1. The molecule has 2 unspecified atom stereocenters. The van der Waals surface area contributed by atoms with Crippen LogP contribution in [0.25, 0.3) is 0 Å². The molecule has 0 amide bonds. The molecule has 0 aromatic rings. The molecular weight excluding hydrogens is 166 g/mol. The Balaban J connectivity index is 3.57. The smallest absolute Gasteiger partial charge is 0.135 e. The second-order valence-corrected chi connectivity index (χ2v) is 3.66. The maximum atomic E-state index is 11.4. The van der Waals surface area contributed by atoms with Crippen LogP contribution in [0.5, 0.6) is 0 Å². The van der Waals surface area contributed by atoms with Crippen molar-refractivity contribution in [2.75, 3.05) is 13.7 Å². The van der Waals surface area contributed by atoms with Crippen LogP contribution in [0.2, 0.25) is 0 Å². The Morgan fingerprint density at radius 3 is 2.46 bits per heavy atom. The van der Waals surface area contributed by atoms with Crippen LogP contribution in [0.3, 0.4) is 0 Å². The van der Waals surface area contributed by atoms with E-state index in [1.807, 2.05) is 13.8 Å². The van der Waals surface area contributed by atoms with Gasteiger partial charge in [0.2, 0.25) is 0 Å². The standard InChI is InChI=1S/C10H21NO2/c1-8(6-7-13-3)10(12)5-4-9(2)11/h8-9H,4-7,11H2,1-3H3. The Bertz CT molecular complexity index is 146. The minimum atomic E-state index is 0.110. The predicted octanol–water partition coefficient (Wildman–Crippen LogP) is 1.36. The zero-order chi connectivity index (χ0) is 10.3. The molecule has 0 aromatic carbocycles. The monoisotopic (exact) mass is 187 g/mol. The van der Waals surface area contributed by atoms with Crippen LogP contribution >= 0.6 is 0 Å².